The third-order valence-electron chi connectivity index (χ3n) is 4.04. The van der Waals surface area contributed by atoms with Crippen LogP contribution in [0.5, 0.6) is 0 Å². The molecule has 118 valence electrons. The highest BCUT2D eigenvalue weighted by atomic mass is 32.2. The van der Waals surface area contributed by atoms with Crippen molar-refractivity contribution in [3.05, 3.63) is 12.3 Å². The van der Waals surface area contributed by atoms with Gasteiger partial charge in [0, 0.05) is 12.7 Å². The number of aryl methyl sites for hydroxylation is 1. The van der Waals surface area contributed by atoms with Crippen LogP contribution in [0, 0.1) is 0 Å². The van der Waals surface area contributed by atoms with E-state index in [9.17, 15) is 8.42 Å². The van der Waals surface area contributed by atoms with E-state index in [0.717, 1.165) is 12.7 Å². The Hall–Kier alpha value is -0.895. The summed E-state index contributed by atoms with van der Waals surface area (Å²) in [4.78, 5) is 0. The highest BCUT2D eigenvalue weighted by molar-refractivity contribution is 7.89. The van der Waals surface area contributed by atoms with Crippen LogP contribution in [-0.2, 0) is 25.9 Å². The van der Waals surface area contributed by atoms with Gasteiger partial charge in [-0.2, -0.15) is 5.10 Å². The van der Waals surface area contributed by atoms with Gasteiger partial charge in [-0.15, -0.1) is 0 Å². The van der Waals surface area contributed by atoms with E-state index in [1.165, 1.54) is 6.07 Å². The molecule has 1 aromatic rings. The Bertz CT molecular complexity index is 596. The number of sulfonamides is 1. The summed E-state index contributed by atoms with van der Waals surface area (Å²) in [6.07, 6.45) is 3.09. The Morgan fingerprint density at radius 1 is 1.29 bits per heavy atom. The predicted octanol–water partition coefficient (Wildman–Crippen LogP) is 1.01. The number of aromatic nitrogens is 2. The first kappa shape index (κ1) is 16.5. The summed E-state index contributed by atoms with van der Waals surface area (Å²) in [7, 11) is -3.98. The first-order valence-electron chi connectivity index (χ1n) is 6.93. The van der Waals surface area contributed by atoms with Crippen molar-refractivity contribution in [2.24, 2.45) is 5.14 Å². The van der Waals surface area contributed by atoms with E-state index >= 15 is 0 Å². The highest BCUT2D eigenvalue weighted by Crippen LogP contribution is 2.37. The Balaban J connectivity index is 1.85. The van der Waals surface area contributed by atoms with Crippen LogP contribution in [0.25, 0.3) is 0 Å². The monoisotopic (exact) mass is 315 g/mol. The van der Waals surface area contributed by atoms with Crippen molar-refractivity contribution < 1.29 is 17.7 Å². The van der Waals surface area contributed by atoms with E-state index in [4.69, 9.17) is 14.4 Å². The molecular weight excluding hydrogens is 293 g/mol. The van der Waals surface area contributed by atoms with Crippen molar-refractivity contribution in [3.63, 3.8) is 0 Å². The number of hydrogen-bond donors (Lipinski definition) is 1. The van der Waals surface area contributed by atoms with E-state index in [-0.39, 0.29) is 23.3 Å². The number of primary sulfonamides is 1. The quantitative estimate of drug-likeness (QED) is 0.818. The fourth-order valence-electron chi connectivity index (χ4n) is 2.12. The summed E-state index contributed by atoms with van der Waals surface area (Å²) < 4.78 is 35.6. The summed E-state index contributed by atoms with van der Waals surface area (Å²) >= 11 is 0. The van der Waals surface area contributed by atoms with Gasteiger partial charge in [0.2, 0.25) is 0 Å². The minimum atomic E-state index is -3.73. The van der Waals surface area contributed by atoms with E-state index in [2.05, 4.69) is 5.10 Å². The van der Waals surface area contributed by atoms with Gasteiger partial charge in [-0.05, 0) is 46.5 Å². The zero-order chi connectivity index (χ0) is 15.9. The second kappa shape index (κ2) is 5.38. The van der Waals surface area contributed by atoms with Crippen molar-refractivity contribution in [2.75, 3.05) is 0 Å². The molecule has 0 aliphatic carbocycles. The molecule has 1 aliphatic rings. The molecule has 0 aromatic carbocycles. The van der Waals surface area contributed by atoms with Gasteiger partial charge in [0.25, 0.3) is 10.0 Å². The molecule has 2 heterocycles. The number of rotatable bonds is 5. The van der Waals surface area contributed by atoms with Crippen molar-refractivity contribution in [1.29, 1.82) is 0 Å². The van der Waals surface area contributed by atoms with Crippen LogP contribution in [0.2, 0.25) is 6.32 Å². The fourth-order valence-corrected chi connectivity index (χ4v) is 2.59. The molecule has 0 saturated carbocycles. The van der Waals surface area contributed by atoms with Gasteiger partial charge < -0.3 is 9.31 Å². The van der Waals surface area contributed by atoms with Crippen molar-refractivity contribution in [2.45, 2.75) is 63.2 Å². The number of hydrogen-bond acceptors (Lipinski definition) is 5. The van der Waals surface area contributed by atoms with Gasteiger partial charge in [0.15, 0.2) is 5.03 Å². The lowest BCUT2D eigenvalue weighted by atomic mass is 9.83. The van der Waals surface area contributed by atoms with Crippen LogP contribution in [0.3, 0.4) is 0 Å². The topological polar surface area (TPSA) is 96.4 Å². The Morgan fingerprint density at radius 2 is 1.86 bits per heavy atom. The molecular formula is C12H22BN3O4S. The van der Waals surface area contributed by atoms with Gasteiger partial charge in [-0.3, -0.25) is 4.68 Å². The number of nitrogens with zero attached hydrogens (tertiary/aromatic N) is 2. The second-order valence-corrected chi connectivity index (χ2v) is 7.80. The summed E-state index contributed by atoms with van der Waals surface area (Å²) in [6, 6.07) is 1.39. The van der Waals surface area contributed by atoms with Gasteiger partial charge in [-0.25, -0.2) is 13.6 Å². The zero-order valence-electron chi connectivity index (χ0n) is 12.9. The maximum absolute atomic E-state index is 11.1. The van der Waals surface area contributed by atoms with Crippen LogP contribution < -0.4 is 5.14 Å². The average Bonchev–Trinajstić information content (AvgIpc) is 2.82. The summed E-state index contributed by atoms with van der Waals surface area (Å²) in [6.45, 7) is 8.63. The third-order valence-corrected chi connectivity index (χ3v) is 4.84. The Labute approximate surface area is 126 Å². The smallest absolute Gasteiger partial charge is 0.403 e. The van der Waals surface area contributed by atoms with Crippen molar-refractivity contribution in [1.82, 2.24) is 9.78 Å². The Kier molecular flexibility index (Phi) is 4.22. The molecule has 1 aliphatic heterocycles. The van der Waals surface area contributed by atoms with Gasteiger partial charge in [0.05, 0.1) is 11.2 Å². The summed E-state index contributed by atoms with van der Waals surface area (Å²) in [5, 5.41) is 8.83. The van der Waals surface area contributed by atoms with Gasteiger partial charge in [-0.1, -0.05) is 0 Å². The molecule has 1 fully saturated rings. The van der Waals surface area contributed by atoms with Gasteiger partial charge >= 0.3 is 7.12 Å². The molecule has 0 atom stereocenters. The van der Waals surface area contributed by atoms with E-state index < -0.39 is 10.0 Å². The van der Waals surface area contributed by atoms with Gasteiger partial charge in [0.1, 0.15) is 0 Å². The Morgan fingerprint density at radius 3 is 2.33 bits per heavy atom. The molecule has 2 rings (SSSR count). The average molecular weight is 315 g/mol. The minimum Gasteiger partial charge on any atom is -0.403 e. The summed E-state index contributed by atoms with van der Waals surface area (Å²) in [5.41, 5.74) is -0.658. The van der Waals surface area contributed by atoms with Crippen LogP contribution in [-0.4, -0.2) is 36.5 Å². The first-order valence-corrected chi connectivity index (χ1v) is 8.48. The molecule has 7 nitrogen and oxygen atoms in total. The van der Waals surface area contributed by atoms with E-state index in [1.807, 2.05) is 27.7 Å². The SMILES string of the molecule is CC1(C)OB(CCCn2ccc(S(N)(=O)=O)n2)OC1(C)C. The molecule has 2 N–H and O–H groups in total. The molecule has 21 heavy (non-hydrogen) atoms. The van der Waals surface area contributed by atoms with Crippen molar-refractivity contribution >= 4 is 17.1 Å². The fraction of sp³-hybridized carbons (Fsp3) is 0.750. The van der Waals surface area contributed by atoms with Crippen LogP contribution in [0.15, 0.2) is 17.3 Å². The minimum absolute atomic E-state index is 0.113. The van der Waals surface area contributed by atoms with Crippen LogP contribution >= 0.6 is 0 Å². The molecule has 1 saturated heterocycles. The molecule has 0 unspecified atom stereocenters. The largest absolute Gasteiger partial charge is 0.457 e. The lowest BCUT2D eigenvalue weighted by Crippen LogP contribution is -2.41. The van der Waals surface area contributed by atoms with E-state index in [0.29, 0.717) is 6.54 Å². The second-order valence-electron chi connectivity index (χ2n) is 6.29. The third kappa shape index (κ3) is 3.66. The molecule has 0 amide bonds. The molecule has 9 heteroatoms. The zero-order valence-corrected chi connectivity index (χ0v) is 13.7. The molecule has 0 radical (unpaired) electrons. The molecule has 0 bridgehead atoms. The molecule has 1 aromatic heterocycles. The van der Waals surface area contributed by atoms with E-state index in [1.54, 1.807) is 10.9 Å². The molecule has 0 spiro atoms. The summed E-state index contributed by atoms with van der Waals surface area (Å²) in [5.74, 6) is 0. The van der Waals surface area contributed by atoms with Crippen LogP contribution in [0.4, 0.5) is 0 Å². The first-order chi connectivity index (χ1) is 9.51. The standard InChI is InChI=1S/C12H22BN3O4S/c1-11(2)12(3,4)20-13(19-11)7-5-8-16-9-6-10(15-16)21(14,17)18/h6,9H,5,7-8H2,1-4H3,(H2,14,17,18). The highest BCUT2D eigenvalue weighted by Gasteiger charge is 2.50. The van der Waals surface area contributed by atoms with Crippen molar-refractivity contribution in [3.8, 4) is 0 Å². The normalized spacial score (nSPS) is 20.9. The maximum Gasteiger partial charge on any atom is 0.457 e. The van der Waals surface area contributed by atoms with Crippen LogP contribution in [0.1, 0.15) is 34.1 Å². The number of nitrogens with two attached hydrogens (primary N) is 1. The predicted molar refractivity (Wildman–Crippen MR) is 79.1 cm³/mol. The lowest BCUT2D eigenvalue weighted by molar-refractivity contribution is 0.00578. The maximum atomic E-state index is 11.1. The lowest BCUT2D eigenvalue weighted by Gasteiger charge is -2.32.